The first-order valence-electron chi connectivity index (χ1n) is 5.42. The monoisotopic (exact) mass is 297 g/mol. The number of benzene rings is 1. The molecule has 0 bridgehead atoms. The van der Waals surface area contributed by atoms with Gasteiger partial charge in [-0.05, 0) is 17.7 Å². The Morgan fingerprint density at radius 3 is 2.83 bits per heavy atom. The fourth-order valence-corrected chi connectivity index (χ4v) is 2.47. The first-order valence-corrected chi connectivity index (χ1v) is 6.21. The molecule has 4 heteroatoms. The molecule has 3 rings (SSSR count). The van der Waals surface area contributed by atoms with Gasteiger partial charge in [0.15, 0.2) is 0 Å². The summed E-state index contributed by atoms with van der Waals surface area (Å²) in [5.74, 6) is 0. The molecule has 0 spiro atoms. The molecular weight excluding hydrogens is 290 g/mol. The molecule has 1 N–H and O–H groups in total. The molecule has 18 heavy (non-hydrogen) atoms. The predicted molar refractivity (Wildman–Crippen MR) is 73.9 cm³/mol. The van der Waals surface area contributed by atoms with Crippen LogP contribution in [0.2, 0.25) is 0 Å². The van der Waals surface area contributed by atoms with Gasteiger partial charge in [-0.15, -0.1) is 0 Å². The van der Waals surface area contributed by atoms with E-state index in [4.69, 9.17) is 5.26 Å². The molecule has 0 aliphatic rings. The molecule has 0 atom stereocenters. The van der Waals surface area contributed by atoms with E-state index in [-0.39, 0.29) is 0 Å². The van der Waals surface area contributed by atoms with E-state index in [2.05, 4.69) is 32.0 Å². The van der Waals surface area contributed by atoms with E-state index in [9.17, 15) is 0 Å². The van der Waals surface area contributed by atoms with Crippen molar-refractivity contribution in [3.8, 4) is 17.2 Å². The molecule has 2 aromatic heterocycles. The zero-order chi connectivity index (χ0) is 12.5. The van der Waals surface area contributed by atoms with Crippen LogP contribution >= 0.6 is 15.9 Å². The van der Waals surface area contributed by atoms with Crippen molar-refractivity contribution >= 4 is 27.0 Å². The summed E-state index contributed by atoms with van der Waals surface area (Å²) in [7, 11) is 0. The fourth-order valence-electron chi connectivity index (χ4n) is 1.97. The van der Waals surface area contributed by atoms with Crippen LogP contribution in [0.1, 0.15) is 5.56 Å². The molecule has 2 heterocycles. The van der Waals surface area contributed by atoms with Crippen LogP contribution in [0.15, 0.2) is 47.2 Å². The van der Waals surface area contributed by atoms with Crippen LogP contribution in [0.25, 0.3) is 22.2 Å². The van der Waals surface area contributed by atoms with E-state index in [1.165, 1.54) is 0 Å². The average molecular weight is 298 g/mol. The Labute approximate surface area is 112 Å². The van der Waals surface area contributed by atoms with Crippen molar-refractivity contribution in [2.45, 2.75) is 0 Å². The van der Waals surface area contributed by atoms with E-state index in [1.807, 2.05) is 36.5 Å². The fraction of sp³-hybridized carbons (Fsp3) is 0. The van der Waals surface area contributed by atoms with Gasteiger partial charge in [0.2, 0.25) is 0 Å². The van der Waals surface area contributed by atoms with Crippen molar-refractivity contribution in [1.82, 2.24) is 9.97 Å². The van der Waals surface area contributed by atoms with E-state index in [0.29, 0.717) is 5.56 Å². The van der Waals surface area contributed by atoms with Crippen molar-refractivity contribution in [3.63, 3.8) is 0 Å². The van der Waals surface area contributed by atoms with E-state index < -0.39 is 0 Å². The van der Waals surface area contributed by atoms with Crippen LogP contribution in [0.5, 0.6) is 0 Å². The summed E-state index contributed by atoms with van der Waals surface area (Å²) in [5, 5.41) is 9.90. The Balaban J connectivity index is 2.31. The normalized spacial score (nSPS) is 10.4. The maximum Gasteiger partial charge on any atom is 0.137 e. The highest BCUT2D eigenvalue weighted by atomic mass is 79.9. The van der Waals surface area contributed by atoms with Crippen LogP contribution < -0.4 is 0 Å². The molecule has 1 aromatic carbocycles. The maximum absolute atomic E-state index is 8.94. The molecule has 3 nitrogen and oxygen atoms in total. The van der Waals surface area contributed by atoms with Gasteiger partial charge in [-0.3, -0.25) is 0 Å². The van der Waals surface area contributed by atoms with Crippen molar-refractivity contribution < 1.29 is 0 Å². The number of H-pyrrole nitrogens is 1. The molecular formula is C14H8BrN3. The molecule has 0 radical (unpaired) electrons. The minimum Gasteiger partial charge on any atom is -0.346 e. The van der Waals surface area contributed by atoms with Crippen molar-refractivity contribution in [3.05, 3.63) is 52.8 Å². The lowest BCUT2D eigenvalue weighted by molar-refractivity contribution is 1.31. The minimum atomic E-state index is 0.565. The van der Waals surface area contributed by atoms with E-state index >= 15 is 0 Å². The van der Waals surface area contributed by atoms with Crippen LogP contribution in [-0.2, 0) is 0 Å². The van der Waals surface area contributed by atoms with Gasteiger partial charge in [0.25, 0.3) is 0 Å². The summed E-state index contributed by atoms with van der Waals surface area (Å²) in [6.45, 7) is 0. The van der Waals surface area contributed by atoms with Crippen molar-refractivity contribution in [1.29, 1.82) is 5.26 Å². The van der Waals surface area contributed by atoms with Gasteiger partial charge < -0.3 is 4.98 Å². The lowest BCUT2D eigenvalue weighted by Gasteiger charge is -2.02. The van der Waals surface area contributed by atoms with Crippen LogP contribution in [0, 0.1) is 11.3 Å². The number of aromatic nitrogens is 2. The summed E-state index contributed by atoms with van der Waals surface area (Å²) in [4.78, 5) is 7.36. The molecule has 0 unspecified atom stereocenters. The maximum atomic E-state index is 8.94. The van der Waals surface area contributed by atoms with Gasteiger partial charge in [-0.1, -0.05) is 34.1 Å². The summed E-state index contributed by atoms with van der Waals surface area (Å²) in [5.41, 5.74) is 3.48. The lowest BCUT2D eigenvalue weighted by Crippen LogP contribution is -1.81. The van der Waals surface area contributed by atoms with Crippen LogP contribution in [0.3, 0.4) is 0 Å². The number of fused-ring (bicyclic) bond motifs is 1. The van der Waals surface area contributed by atoms with Crippen molar-refractivity contribution in [2.24, 2.45) is 0 Å². The minimum absolute atomic E-state index is 0.565. The zero-order valence-corrected chi connectivity index (χ0v) is 10.9. The number of pyridine rings is 1. The summed E-state index contributed by atoms with van der Waals surface area (Å²) in [6, 6.07) is 12.0. The Morgan fingerprint density at radius 1 is 1.22 bits per heavy atom. The van der Waals surface area contributed by atoms with Crippen LogP contribution in [0.4, 0.5) is 0 Å². The average Bonchev–Trinajstić information content (AvgIpc) is 2.82. The van der Waals surface area contributed by atoms with E-state index in [1.54, 1.807) is 6.20 Å². The number of hydrogen-bond acceptors (Lipinski definition) is 2. The number of hydrogen-bond donors (Lipinski definition) is 1. The molecule has 0 saturated heterocycles. The molecule has 0 aliphatic heterocycles. The van der Waals surface area contributed by atoms with Crippen molar-refractivity contribution in [2.75, 3.05) is 0 Å². The van der Waals surface area contributed by atoms with Gasteiger partial charge in [0, 0.05) is 27.8 Å². The third-order valence-corrected chi connectivity index (χ3v) is 3.52. The largest absolute Gasteiger partial charge is 0.346 e. The lowest BCUT2D eigenvalue weighted by atomic mass is 10.1. The molecule has 0 aliphatic carbocycles. The highest BCUT2D eigenvalue weighted by Crippen LogP contribution is 2.33. The SMILES string of the molecule is N#Cc1cnc2[nH]cc(-c3ccccc3Br)c2c1. The van der Waals surface area contributed by atoms with Gasteiger partial charge in [-0.25, -0.2) is 4.98 Å². The second-order valence-electron chi connectivity index (χ2n) is 3.91. The number of nitrogens with one attached hydrogen (secondary N) is 1. The molecule has 3 aromatic rings. The van der Waals surface area contributed by atoms with E-state index in [0.717, 1.165) is 26.6 Å². The number of rotatable bonds is 1. The molecule has 86 valence electrons. The standard InChI is InChI=1S/C14H8BrN3/c15-13-4-2-1-3-10(13)12-8-18-14-11(12)5-9(6-16)7-17-14/h1-5,7-8H,(H,17,18). The Bertz CT molecular complexity index is 768. The Hall–Kier alpha value is -2.12. The highest BCUT2D eigenvalue weighted by Gasteiger charge is 2.10. The quantitative estimate of drug-likeness (QED) is 0.741. The Morgan fingerprint density at radius 2 is 2.06 bits per heavy atom. The molecule has 0 fully saturated rings. The second kappa shape index (κ2) is 4.28. The van der Waals surface area contributed by atoms with Gasteiger partial charge >= 0.3 is 0 Å². The third-order valence-electron chi connectivity index (χ3n) is 2.82. The van der Waals surface area contributed by atoms with Gasteiger partial charge in [0.1, 0.15) is 11.7 Å². The van der Waals surface area contributed by atoms with Gasteiger partial charge in [-0.2, -0.15) is 5.26 Å². The van der Waals surface area contributed by atoms with Gasteiger partial charge in [0.05, 0.1) is 5.56 Å². The number of nitriles is 1. The molecule has 0 amide bonds. The Kier molecular flexibility index (Phi) is 2.62. The van der Waals surface area contributed by atoms with Crippen LogP contribution in [-0.4, -0.2) is 9.97 Å². The number of aromatic amines is 1. The summed E-state index contributed by atoms with van der Waals surface area (Å²) < 4.78 is 1.02. The smallest absolute Gasteiger partial charge is 0.137 e. The summed E-state index contributed by atoms with van der Waals surface area (Å²) >= 11 is 3.54. The predicted octanol–water partition coefficient (Wildman–Crippen LogP) is 3.86. The highest BCUT2D eigenvalue weighted by molar-refractivity contribution is 9.10. The zero-order valence-electron chi connectivity index (χ0n) is 9.31. The first-order chi connectivity index (χ1) is 8.79. The third kappa shape index (κ3) is 1.69. The molecule has 0 saturated carbocycles. The number of nitrogens with zero attached hydrogens (tertiary/aromatic N) is 2. The first kappa shape index (κ1) is 11.0. The number of halogens is 1. The summed E-state index contributed by atoms with van der Waals surface area (Å²) in [6.07, 6.45) is 3.49. The second-order valence-corrected chi connectivity index (χ2v) is 4.77. The topological polar surface area (TPSA) is 52.5 Å².